The summed E-state index contributed by atoms with van der Waals surface area (Å²) in [5, 5.41) is 0. The molecule has 0 amide bonds. The fraction of sp³-hybridized carbons (Fsp3) is 0.435. The molecule has 1 nitrogen and oxygen atoms in total. The number of hydrogen-bond donors (Lipinski definition) is 0. The zero-order valence-electron chi connectivity index (χ0n) is 14.7. The molecule has 2 aromatic carbocycles. The van der Waals surface area contributed by atoms with Crippen LogP contribution in [0.1, 0.15) is 61.6 Å². The van der Waals surface area contributed by atoms with E-state index in [9.17, 15) is 4.79 Å². The quantitative estimate of drug-likeness (QED) is 0.665. The number of aryl methyl sites for hydroxylation is 1. The van der Waals surface area contributed by atoms with Crippen molar-refractivity contribution in [1.29, 1.82) is 0 Å². The lowest BCUT2D eigenvalue weighted by atomic mass is 9.77. The molecular formula is C23H28O. The van der Waals surface area contributed by atoms with E-state index in [2.05, 4.69) is 61.5 Å². The second-order valence-electron chi connectivity index (χ2n) is 7.22. The number of Topliss-reactive ketones (excluding diaryl/α,β-unsaturated/α-hetero) is 1. The smallest absolute Gasteiger partial charge is 0.137 e. The molecule has 1 aliphatic rings. The van der Waals surface area contributed by atoms with Crippen molar-refractivity contribution in [3.05, 3.63) is 71.3 Å². The van der Waals surface area contributed by atoms with E-state index < -0.39 is 0 Å². The number of ketones is 1. The average molecular weight is 320 g/mol. The Morgan fingerprint density at radius 2 is 1.50 bits per heavy atom. The van der Waals surface area contributed by atoms with E-state index in [1.54, 1.807) is 0 Å². The molecule has 0 saturated heterocycles. The van der Waals surface area contributed by atoms with Crippen LogP contribution in [-0.4, -0.2) is 5.78 Å². The fourth-order valence-corrected chi connectivity index (χ4v) is 3.94. The molecule has 24 heavy (non-hydrogen) atoms. The van der Waals surface area contributed by atoms with Gasteiger partial charge in [-0.15, -0.1) is 0 Å². The van der Waals surface area contributed by atoms with Gasteiger partial charge in [-0.25, -0.2) is 0 Å². The lowest BCUT2D eigenvalue weighted by Crippen LogP contribution is -2.17. The van der Waals surface area contributed by atoms with Crippen molar-refractivity contribution in [3.8, 4) is 0 Å². The third-order valence-electron chi connectivity index (χ3n) is 5.47. The van der Waals surface area contributed by atoms with Crippen LogP contribution in [0.25, 0.3) is 0 Å². The van der Waals surface area contributed by atoms with Crippen molar-refractivity contribution >= 4 is 5.78 Å². The monoisotopic (exact) mass is 320 g/mol. The lowest BCUT2D eigenvalue weighted by molar-refractivity contribution is -0.119. The van der Waals surface area contributed by atoms with Crippen LogP contribution in [0.5, 0.6) is 0 Å². The molecule has 0 N–H and O–H groups in total. The van der Waals surface area contributed by atoms with Gasteiger partial charge in [0.05, 0.1) is 0 Å². The van der Waals surface area contributed by atoms with Crippen LogP contribution in [-0.2, 0) is 17.6 Å². The molecule has 0 heterocycles. The molecule has 1 fully saturated rings. The van der Waals surface area contributed by atoms with Gasteiger partial charge < -0.3 is 0 Å². The minimum atomic E-state index is 0.405. The third-order valence-corrected chi connectivity index (χ3v) is 5.47. The summed E-state index contributed by atoms with van der Waals surface area (Å²) in [7, 11) is 0. The molecule has 0 bridgehead atoms. The summed E-state index contributed by atoms with van der Waals surface area (Å²) in [5.74, 6) is 1.69. The van der Waals surface area contributed by atoms with Gasteiger partial charge in [0, 0.05) is 12.8 Å². The summed E-state index contributed by atoms with van der Waals surface area (Å²) in [4.78, 5) is 12.4. The first-order valence-corrected chi connectivity index (χ1v) is 9.39. The molecular weight excluding hydrogens is 292 g/mol. The molecule has 0 radical (unpaired) electrons. The third kappa shape index (κ3) is 4.56. The van der Waals surface area contributed by atoms with Gasteiger partial charge >= 0.3 is 0 Å². The highest BCUT2D eigenvalue weighted by molar-refractivity contribution is 5.81. The highest BCUT2D eigenvalue weighted by atomic mass is 16.1. The van der Waals surface area contributed by atoms with Crippen molar-refractivity contribution in [2.24, 2.45) is 5.92 Å². The van der Waals surface area contributed by atoms with Crippen LogP contribution in [0, 0.1) is 5.92 Å². The number of benzene rings is 2. The summed E-state index contributed by atoms with van der Waals surface area (Å²) in [6.45, 7) is 2.16. The fourth-order valence-electron chi connectivity index (χ4n) is 3.94. The van der Waals surface area contributed by atoms with Gasteiger partial charge in [0.1, 0.15) is 5.78 Å². The molecule has 2 aromatic rings. The standard InChI is InChI=1S/C23H28O/c1-2-18-8-10-19(11-9-18)16-23(24)17-20-12-14-22(15-13-20)21-6-4-3-5-7-21/h3-11,20,22H,2,12-17H2,1H3. The second kappa shape index (κ2) is 8.28. The molecule has 1 saturated carbocycles. The van der Waals surface area contributed by atoms with Crippen molar-refractivity contribution < 1.29 is 4.79 Å². The Bertz CT molecular complexity index is 633. The van der Waals surface area contributed by atoms with Crippen molar-refractivity contribution in [1.82, 2.24) is 0 Å². The zero-order chi connectivity index (χ0) is 16.8. The summed E-state index contributed by atoms with van der Waals surface area (Å²) in [6, 6.07) is 19.4. The van der Waals surface area contributed by atoms with Gasteiger partial charge in [0.25, 0.3) is 0 Å². The SMILES string of the molecule is CCc1ccc(CC(=O)CC2CCC(c3ccccc3)CC2)cc1. The number of carbonyl (C=O) groups is 1. The predicted molar refractivity (Wildman–Crippen MR) is 100 cm³/mol. The number of hydrogen-bond acceptors (Lipinski definition) is 1. The van der Waals surface area contributed by atoms with E-state index in [1.807, 2.05) is 0 Å². The Hall–Kier alpha value is -1.89. The average Bonchev–Trinajstić information content (AvgIpc) is 2.64. The van der Waals surface area contributed by atoms with E-state index in [-0.39, 0.29) is 0 Å². The minimum Gasteiger partial charge on any atom is -0.299 e. The zero-order valence-corrected chi connectivity index (χ0v) is 14.7. The highest BCUT2D eigenvalue weighted by Crippen LogP contribution is 2.37. The Kier molecular flexibility index (Phi) is 5.85. The van der Waals surface area contributed by atoms with Crippen LogP contribution < -0.4 is 0 Å². The normalized spacial score (nSPS) is 20.7. The Morgan fingerprint density at radius 3 is 2.12 bits per heavy atom. The van der Waals surface area contributed by atoms with Crippen LogP contribution in [0.4, 0.5) is 0 Å². The van der Waals surface area contributed by atoms with Crippen LogP contribution in [0.3, 0.4) is 0 Å². The molecule has 0 aliphatic heterocycles. The van der Waals surface area contributed by atoms with Crippen molar-refractivity contribution in [2.75, 3.05) is 0 Å². The van der Waals surface area contributed by atoms with Gasteiger partial charge in [-0.1, -0.05) is 61.5 Å². The Balaban J connectivity index is 1.46. The molecule has 0 unspecified atom stereocenters. The van der Waals surface area contributed by atoms with Gasteiger partial charge in [0.15, 0.2) is 0 Å². The molecule has 1 heteroatoms. The van der Waals surface area contributed by atoms with Crippen LogP contribution >= 0.6 is 0 Å². The summed E-state index contributed by atoms with van der Waals surface area (Å²) in [6.07, 6.45) is 7.26. The van der Waals surface area contributed by atoms with Gasteiger partial charge in [0.2, 0.25) is 0 Å². The van der Waals surface area contributed by atoms with Crippen LogP contribution in [0.15, 0.2) is 54.6 Å². The van der Waals surface area contributed by atoms with Gasteiger partial charge in [-0.05, 0) is 60.6 Å². The Morgan fingerprint density at radius 1 is 0.875 bits per heavy atom. The van der Waals surface area contributed by atoms with E-state index in [4.69, 9.17) is 0 Å². The van der Waals surface area contributed by atoms with E-state index in [0.717, 1.165) is 18.4 Å². The molecule has 1 aliphatic carbocycles. The lowest BCUT2D eigenvalue weighted by Gasteiger charge is -2.28. The summed E-state index contributed by atoms with van der Waals surface area (Å²) in [5.41, 5.74) is 3.97. The van der Waals surface area contributed by atoms with Gasteiger partial charge in [-0.3, -0.25) is 4.79 Å². The maximum Gasteiger partial charge on any atom is 0.137 e. The van der Waals surface area contributed by atoms with Crippen LogP contribution in [0.2, 0.25) is 0 Å². The maximum absolute atomic E-state index is 12.4. The van der Waals surface area contributed by atoms with Gasteiger partial charge in [-0.2, -0.15) is 0 Å². The minimum absolute atomic E-state index is 0.405. The largest absolute Gasteiger partial charge is 0.299 e. The molecule has 3 rings (SSSR count). The topological polar surface area (TPSA) is 17.1 Å². The first kappa shape index (κ1) is 17.0. The molecule has 0 atom stereocenters. The predicted octanol–water partition coefficient (Wildman–Crippen LogP) is 5.72. The second-order valence-corrected chi connectivity index (χ2v) is 7.22. The van der Waals surface area contributed by atoms with Crippen molar-refractivity contribution in [3.63, 3.8) is 0 Å². The molecule has 0 aromatic heterocycles. The van der Waals surface area contributed by atoms with Crippen molar-refractivity contribution in [2.45, 2.75) is 57.8 Å². The molecule has 126 valence electrons. The molecule has 0 spiro atoms. The summed E-state index contributed by atoms with van der Waals surface area (Å²) >= 11 is 0. The van der Waals surface area contributed by atoms with E-state index in [1.165, 1.54) is 36.8 Å². The first-order chi connectivity index (χ1) is 11.7. The van der Waals surface area contributed by atoms with E-state index >= 15 is 0 Å². The Labute approximate surface area is 146 Å². The number of carbonyl (C=O) groups excluding carboxylic acids is 1. The first-order valence-electron chi connectivity index (χ1n) is 9.39. The highest BCUT2D eigenvalue weighted by Gasteiger charge is 2.23. The van der Waals surface area contributed by atoms with E-state index in [0.29, 0.717) is 24.0 Å². The maximum atomic E-state index is 12.4. The number of rotatable bonds is 6. The summed E-state index contributed by atoms with van der Waals surface area (Å²) < 4.78 is 0.